The predicted octanol–water partition coefficient (Wildman–Crippen LogP) is 6.30. The highest BCUT2D eigenvalue weighted by Gasteiger charge is 2.41. The number of rotatable bonds is 14. The molecule has 0 rings (SSSR count). The van der Waals surface area contributed by atoms with Crippen LogP contribution in [0.4, 0.5) is 8.78 Å². The Kier molecular flexibility index (Phi) is 13.5. The third-order valence-corrected chi connectivity index (χ3v) is 4.90. The van der Waals surface area contributed by atoms with Crippen LogP contribution in [0.2, 0.25) is 0 Å². The quantitative estimate of drug-likeness (QED) is 0.139. The molecule has 1 atom stereocenters. The lowest BCUT2D eigenvalue weighted by Gasteiger charge is -2.17. The van der Waals surface area contributed by atoms with E-state index < -0.39 is 18.3 Å². The van der Waals surface area contributed by atoms with E-state index in [9.17, 15) is 13.6 Å². The van der Waals surface area contributed by atoms with Gasteiger partial charge in [-0.2, -0.15) is 8.78 Å². The van der Waals surface area contributed by atoms with E-state index >= 15 is 0 Å². The smallest absolute Gasteiger partial charge is 0.376 e. The molecule has 0 bridgehead atoms. The molecule has 0 heterocycles. The number of carbonyl (C=O) groups excluding carboxylic acids is 1. The van der Waals surface area contributed by atoms with E-state index in [-0.39, 0.29) is 3.92 Å². The lowest BCUT2D eigenvalue weighted by molar-refractivity contribution is -0.169. The van der Waals surface area contributed by atoms with Crippen LogP contribution in [0.5, 0.6) is 0 Å². The van der Waals surface area contributed by atoms with Crippen LogP contribution in [-0.2, 0) is 9.53 Å². The molecule has 0 saturated carbocycles. The first-order valence-electron chi connectivity index (χ1n) is 8.54. The summed E-state index contributed by atoms with van der Waals surface area (Å²) in [5.41, 5.74) is 0. The second-order valence-electron chi connectivity index (χ2n) is 5.97. The molecule has 0 aliphatic rings. The van der Waals surface area contributed by atoms with Gasteiger partial charge in [-0.3, -0.25) is 0 Å². The number of halogens is 3. The molecule has 0 N–H and O–H groups in total. The number of ether oxygens (including phenoxy) is 1. The van der Waals surface area contributed by atoms with Crippen molar-refractivity contribution in [2.45, 2.75) is 93.8 Å². The summed E-state index contributed by atoms with van der Waals surface area (Å²) in [5.74, 6) is -4.77. The SMILES string of the molecule is CCCCCCCCCCCCC(I)CC(F)(F)C(=O)OC. The molecule has 0 radical (unpaired) electrons. The molecule has 0 aromatic carbocycles. The molecule has 132 valence electrons. The zero-order chi connectivity index (χ0) is 16.8. The van der Waals surface area contributed by atoms with Gasteiger partial charge < -0.3 is 4.74 Å². The van der Waals surface area contributed by atoms with Gasteiger partial charge in [-0.1, -0.05) is 93.7 Å². The van der Waals surface area contributed by atoms with Crippen LogP contribution in [0, 0.1) is 0 Å². The van der Waals surface area contributed by atoms with Crippen molar-refractivity contribution in [3.05, 3.63) is 0 Å². The van der Waals surface area contributed by atoms with Gasteiger partial charge in [-0.05, 0) is 6.42 Å². The zero-order valence-corrected chi connectivity index (χ0v) is 16.2. The summed E-state index contributed by atoms with van der Waals surface area (Å²) >= 11 is 2.02. The Morgan fingerprint density at radius 2 is 1.45 bits per heavy atom. The fraction of sp³-hybridized carbons (Fsp3) is 0.941. The average molecular weight is 432 g/mol. The number of alkyl halides is 3. The van der Waals surface area contributed by atoms with Gasteiger partial charge in [0.05, 0.1) is 7.11 Å². The van der Waals surface area contributed by atoms with Crippen LogP contribution in [0.3, 0.4) is 0 Å². The third-order valence-electron chi connectivity index (χ3n) is 3.83. The van der Waals surface area contributed by atoms with E-state index in [2.05, 4.69) is 11.7 Å². The highest BCUT2D eigenvalue weighted by Crippen LogP contribution is 2.28. The Morgan fingerprint density at radius 1 is 1.00 bits per heavy atom. The zero-order valence-electron chi connectivity index (χ0n) is 14.0. The molecule has 0 saturated heterocycles. The van der Waals surface area contributed by atoms with Crippen molar-refractivity contribution in [1.29, 1.82) is 0 Å². The van der Waals surface area contributed by atoms with Crippen molar-refractivity contribution in [3.8, 4) is 0 Å². The largest absolute Gasteiger partial charge is 0.465 e. The van der Waals surface area contributed by atoms with Gasteiger partial charge >= 0.3 is 11.9 Å². The molecular formula is C17H31F2IO2. The molecule has 2 nitrogen and oxygen atoms in total. The molecule has 22 heavy (non-hydrogen) atoms. The highest BCUT2D eigenvalue weighted by atomic mass is 127. The second kappa shape index (κ2) is 13.5. The Balaban J connectivity index is 3.49. The Labute approximate surface area is 147 Å². The molecule has 0 amide bonds. The molecule has 0 aliphatic heterocycles. The average Bonchev–Trinajstić information content (AvgIpc) is 2.47. The fourth-order valence-corrected chi connectivity index (χ4v) is 3.46. The van der Waals surface area contributed by atoms with Crippen LogP contribution in [0.25, 0.3) is 0 Å². The Bertz CT molecular complexity index is 286. The van der Waals surface area contributed by atoms with Crippen LogP contribution >= 0.6 is 22.6 Å². The lowest BCUT2D eigenvalue weighted by atomic mass is 10.0. The Hall–Kier alpha value is 0.0600. The fourth-order valence-electron chi connectivity index (χ4n) is 2.47. The first kappa shape index (κ1) is 22.1. The molecule has 0 aromatic heterocycles. The van der Waals surface area contributed by atoms with Gasteiger partial charge in [0, 0.05) is 10.3 Å². The molecule has 0 spiro atoms. The second-order valence-corrected chi connectivity index (χ2v) is 7.73. The lowest BCUT2D eigenvalue weighted by Crippen LogP contribution is -2.32. The minimum absolute atomic E-state index is 0.180. The summed E-state index contributed by atoms with van der Waals surface area (Å²) in [7, 11) is 1.00. The van der Waals surface area contributed by atoms with Crippen molar-refractivity contribution < 1.29 is 18.3 Å². The van der Waals surface area contributed by atoms with Crippen molar-refractivity contribution in [2.24, 2.45) is 0 Å². The summed E-state index contributed by atoms with van der Waals surface area (Å²) in [6.07, 6.45) is 12.7. The monoisotopic (exact) mass is 432 g/mol. The maximum Gasteiger partial charge on any atom is 0.376 e. The molecule has 1 unspecified atom stereocenters. The van der Waals surface area contributed by atoms with Crippen LogP contribution in [-0.4, -0.2) is 22.9 Å². The van der Waals surface area contributed by atoms with E-state index in [0.29, 0.717) is 0 Å². The van der Waals surface area contributed by atoms with E-state index in [0.717, 1.165) is 26.4 Å². The topological polar surface area (TPSA) is 26.3 Å². The number of unbranched alkanes of at least 4 members (excludes halogenated alkanes) is 9. The van der Waals surface area contributed by atoms with Crippen LogP contribution < -0.4 is 0 Å². The maximum atomic E-state index is 13.4. The Morgan fingerprint density at radius 3 is 1.91 bits per heavy atom. The van der Waals surface area contributed by atoms with E-state index in [1.807, 2.05) is 22.6 Å². The first-order valence-corrected chi connectivity index (χ1v) is 9.79. The van der Waals surface area contributed by atoms with Gasteiger partial charge in [-0.15, -0.1) is 0 Å². The molecule has 5 heteroatoms. The van der Waals surface area contributed by atoms with Crippen LogP contribution in [0.15, 0.2) is 0 Å². The maximum absolute atomic E-state index is 13.4. The van der Waals surface area contributed by atoms with Gasteiger partial charge in [0.15, 0.2) is 0 Å². The van der Waals surface area contributed by atoms with Gasteiger partial charge in [0.2, 0.25) is 0 Å². The number of methoxy groups -OCH3 is 1. The number of carbonyl (C=O) groups is 1. The van der Waals surface area contributed by atoms with Crippen molar-refractivity contribution in [2.75, 3.05) is 7.11 Å². The van der Waals surface area contributed by atoms with Gasteiger partial charge in [0.25, 0.3) is 0 Å². The molecule has 0 fully saturated rings. The van der Waals surface area contributed by atoms with Crippen molar-refractivity contribution in [1.82, 2.24) is 0 Å². The summed E-state index contributed by atoms with van der Waals surface area (Å²) < 4.78 is 30.7. The number of hydrogen-bond donors (Lipinski definition) is 0. The van der Waals surface area contributed by atoms with Gasteiger partial charge in [0.1, 0.15) is 0 Å². The van der Waals surface area contributed by atoms with E-state index in [4.69, 9.17) is 0 Å². The molecular weight excluding hydrogens is 401 g/mol. The van der Waals surface area contributed by atoms with Crippen molar-refractivity contribution >= 4 is 28.6 Å². The number of hydrogen-bond acceptors (Lipinski definition) is 2. The summed E-state index contributed by atoms with van der Waals surface area (Å²) in [6.45, 7) is 2.22. The molecule has 0 aromatic rings. The summed E-state index contributed by atoms with van der Waals surface area (Å²) in [5, 5.41) is 0. The van der Waals surface area contributed by atoms with Gasteiger partial charge in [-0.25, -0.2) is 4.79 Å². The minimum atomic E-state index is -3.35. The standard InChI is InChI=1S/C17H31F2IO2/c1-3-4-5-6-7-8-9-10-11-12-13-15(20)14-17(18,19)16(21)22-2/h15H,3-14H2,1-2H3. The summed E-state index contributed by atoms with van der Waals surface area (Å²) in [4.78, 5) is 10.9. The first-order chi connectivity index (χ1) is 10.4. The molecule has 0 aliphatic carbocycles. The summed E-state index contributed by atoms with van der Waals surface area (Å²) in [6, 6.07) is 0. The minimum Gasteiger partial charge on any atom is -0.465 e. The van der Waals surface area contributed by atoms with Crippen molar-refractivity contribution in [3.63, 3.8) is 0 Å². The highest BCUT2D eigenvalue weighted by molar-refractivity contribution is 14.1. The van der Waals surface area contributed by atoms with E-state index in [1.165, 1.54) is 51.4 Å². The predicted molar refractivity (Wildman–Crippen MR) is 95.8 cm³/mol. The van der Waals surface area contributed by atoms with Crippen LogP contribution in [0.1, 0.15) is 84.0 Å². The van der Waals surface area contributed by atoms with E-state index in [1.54, 1.807) is 0 Å². The normalized spacial score (nSPS) is 13.1. The number of esters is 1. The third kappa shape index (κ3) is 11.6.